The predicted molar refractivity (Wildman–Crippen MR) is 108 cm³/mol. The fraction of sp³-hybridized carbons (Fsp3) is 0.700. The molecule has 2 fully saturated rings. The van der Waals surface area contributed by atoms with Crippen molar-refractivity contribution < 1.29 is 14.4 Å². The summed E-state index contributed by atoms with van der Waals surface area (Å²) in [6, 6.07) is -0.175. The molecule has 1 saturated carbocycles. The molecule has 1 saturated heterocycles. The topological polar surface area (TPSA) is 91.4 Å². The van der Waals surface area contributed by atoms with Gasteiger partial charge in [0.15, 0.2) is 0 Å². The van der Waals surface area contributed by atoms with Gasteiger partial charge in [0.25, 0.3) is 5.91 Å². The van der Waals surface area contributed by atoms with E-state index in [9.17, 15) is 14.4 Å². The lowest BCUT2D eigenvalue weighted by Gasteiger charge is -2.26. The Hall–Kier alpha value is -1.96. The number of amides is 3. The molecule has 3 rings (SSSR count). The van der Waals surface area contributed by atoms with Crippen LogP contribution in [0.1, 0.15) is 73.9 Å². The molecule has 1 aromatic heterocycles. The summed E-state index contributed by atoms with van der Waals surface area (Å²) < 4.78 is 0. The van der Waals surface area contributed by atoms with Gasteiger partial charge in [-0.2, -0.15) is 0 Å². The molecule has 1 aliphatic carbocycles. The highest BCUT2D eigenvalue weighted by Crippen LogP contribution is 2.28. The molecule has 0 aromatic carbocycles. The van der Waals surface area contributed by atoms with E-state index in [4.69, 9.17) is 0 Å². The first-order valence-corrected chi connectivity index (χ1v) is 11.1. The zero-order chi connectivity index (χ0) is 20.1. The van der Waals surface area contributed by atoms with Gasteiger partial charge < -0.3 is 15.5 Å². The quantitative estimate of drug-likeness (QED) is 0.759. The van der Waals surface area contributed by atoms with E-state index >= 15 is 0 Å². The first kappa shape index (κ1) is 20.8. The zero-order valence-corrected chi connectivity index (χ0v) is 17.5. The van der Waals surface area contributed by atoms with Gasteiger partial charge in [-0.05, 0) is 25.2 Å². The van der Waals surface area contributed by atoms with Gasteiger partial charge in [0.05, 0.1) is 12.6 Å². The summed E-state index contributed by atoms with van der Waals surface area (Å²) in [6.45, 7) is 5.26. The molecule has 28 heavy (non-hydrogen) atoms. The SMILES string of the molecule is CC(C)C[C@@H](NC(=O)C1CCCCC1)c1nc(C(=O)N2CCNC(=O)C2)cs1. The van der Waals surface area contributed by atoms with E-state index in [1.807, 2.05) is 0 Å². The molecule has 7 nitrogen and oxygen atoms in total. The molecule has 0 radical (unpaired) electrons. The summed E-state index contributed by atoms with van der Waals surface area (Å²) in [5.41, 5.74) is 0.357. The number of aromatic nitrogens is 1. The monoisotopic (exact) mass is 406 g/mol. The molecule has 0 spiro atoms. The normalized spacial score (nSPS) is 19.4. The molecule has 2 aliphatic rings. The lowest BCUT2D eigenvalue weighted by atomic mass is 9.88. The van der Waals surface area contributed by atoms with Crippen LogP contribution < -0.4 is 10.6 Å². The maximum atomic E-state index is 12.7. The van der Waals surface area contributed by atoms with Crippen molar-refractivity contribution in [3.63, 3.8) is 0 Å². The van der Waals surface area contributed by atoms with Crippen molar-refractivity contribution in [3.05, 3.63) is 16.1 Å². The van der Waals surface area contributed by atoms with Gasteiger partial charge in [-0.1, -0.05) is 33.1 Å². The van der Waals surface area contributed by atoms with Gasteiger partial charge in [-0.15, -0.1) is 11.3 Å². The largest absolute Gasteiger partial charge is 0.353 e. The number of piperazine rings is 1. The number of carbonyl (C=O) groups is 3. The summed E-state index contributed by atoms with van der Waals surface area (Å²) in [4.78, 5) is 43.0. The molecule has 2 N–H and O–H groups in total. The Bertz CT molecular complexity index is 712. The minimum atomic E-state index is -0.223. The van der Waals surface area contributed by atoms with Crippen LogP contribution in [-0.4, -0.2) is 47.2 Å². The summed E-state index contributed by atoms with van der Waals surface area (Å²) >= 11 is 1.41. The molecule has 3 amide bonds. The molecule has 2 heterocycles. The van der Waals surface area contributed by atoms with Crippen LogP contribution in [0.15, 0.2) is 5.38 Å². The van der Waals surface area contributed by atoms with E-state index in [0.717, 1.165) is 37.1 Å². The van der Waals surface area contributed by atoms with Gasteiger partial charge in [-0.3, -0.25) is 14.4 Å². The highest BCUT2D eigenvalue weighted by atomic mass is 32.1. The summed E-state index contributed by atoms with van der Waals surface area (Å²) in [5, 5.41) is 8.42. The number of nitrogens with zero attached hydrogens (tertiary/aromatic N) is 2. The Morgan fingerprint density at radius 2 is 2.07 bits per heavy atom. The van der Waals surface area contributed by atoms with Crippen LogP contribution in [0, 0.1) is 11.8 Å². The molecule has 154 valence electrons. The van der Waals surface area contributed by atoms with Crippen molar-refractivity contribution in [1.82, 2.24) is 20.5 Å². The number of hydrogen-bond donors (Lipinski definition) is 2. The van der Waals surface area contributed by atoms with E-state index < -0.39 is 0 Å². The number of nitrogens with one attached hydrogen (secondary N) is 2. The average Bonchev–Trinajstić information content (AvgIpc) is 3.17. The molecular formula is C20H30N4O3S. The summed E-state index contributed by atoms with van der Waals surface area (Å²) in [7, 11) is 0. The fourth-order valence-corrected chi connectivity index (χ4v) is 4.72. The van der Waals surface area contributed by atoms with Crippen LogP contribution in [0.2, 0.25) is 0 Å². The van der Waals surface area contributed by atoms with E-state index in [1.54, 1.807) is 5.38 Å². The Labute approximate surface area is 170 Å². The molecule has 1 atom stereocenters. The Morgan fingerprint density at radius 3 is 2.75 bits per heavy atom. The smallest absolute Gasteiger partial charge is 0.273 e. The number of carbonyl (C=O) groups excluding carboxylic acids is 3. The van der Waals surface area contributed by atoms with Gasteiger partial charge in [0.2, 0.25) is 11.8 Å². The minimum absolute atomic E-state index is 0.0690. The molecule has 1 aliphatic heterocycles. The van der Waals surface area contributed by atoms with Crippen molar-refractivity contribution in [2.75, 3.05) is 19.6 Å². The van der Waals surface area contributed by atoms with E-state index in [-0.39, 0.29) is 36.2 Å². The van der Waals surface area contributed by atoms with E-state index in [1.165, 1.54) is 22.7 Å². The minimum Gasteiger partial charge on any atom is -0.353 e. The number of rotatable bonds is 6. The van der Waals surface area contributed by atoms with Crippen LogP contribution in [0.25, 0.3) is 0 Å². The van der Waals surface area contributed by atoms with Gasteiger partial charge in [0, 0.05) is 24.4 Å². The van der Waals surface area contributed by atoms with E-state index in [0.29, 0.717) is 24.7 Å². The van der Waals surface area contributed by atoms with Crippen molar-refractivity contribution in [3.8, 4) is 0 Å². The van der Waals surface area contributed by atoms with Gasteiger partial charge >= 0.3 is 0 Å². The van der Waals surface area contributed by atoms with Gasteiger partial charge in [0.1, 0.15) is 10.7 Å². The third-order valence-corrected chi connectivity index (χ3v) is 6.32. The van der Waals surface area contributed by atoms with Crippen molar-refractivity contribution in [1.29, 1.82) is 0 Å². The first-order chi connectivity index (χ1) is 13.4. The fourth-order valence-electron chi connectivity index (χ4n) is 3.87. The van der Waals surface area contributed by atoms with Gasteiger partial charge in [-0.25, -0.2) is 4.98 Å². The second-order valence-electron chi connectivity index (χ2n) is 8.17. The molecule has 0 unspecified atom stereocenters. The lowest BCUT2D eigenvalue weighted by Crippen LogP contribution is -2.50. The maximum Gasteiger partial charge on any atom is 0.273 e. The zero-order valence-electron chi connectivity index (χ0n) is 16.7. The predicted octanol–water partition coefficient (Wildman–Crippen LogP) is 2.50. The van der Waals surface area contributed by atoms with Crippen molar-refractivity contribution in [2.24, 2.45) is 11.8 Å². The highest BCUT2D eigenvalue weighted by Gasteiger charge is 2.28. The van der Waals surface area contributed by atoms with Crippen LogP contribution in [0.5, 0.6) is 0 Å². The maximum absolute atomic E-state index is 12.7. The molecule has 1 aromatic rings. The Morgan fingerprint density at radius 1 is 1.32 bits per heavy atom. The first-order valence-electron chi connectivity index (χ1n) is 10.3. The van der Waals surface area contributed by atoms with Crippen LogP contribution in [0.4, 0.5) is 0 Å². The summed E-state index contributed by atoms with van der Waals surface area (Å²) in [6.07, 6.45) is 6.15. The highest BCUT2D eigenvalue weighted by molar-refractivity contribution is 7.09. The van der Waals surface area contributed by atoms with E-state index in [2.05, 4.69) is 29.5 Å². The molecular weight excluding hydrogens is 376 g/mol. The third-order valence-electron chi connectivity index (χ3n) is 5.36. The standard InChI is InChI=1S/C20H30N4O3S/c1-13(2)10-15(22-18(26)14-6-4-3-5-7-14)19-23-16(12-28-19)20(27)24-9-8-21-17(25)11-24/h12-15H,3-11H2,1-2H3,(H,21,25)(H,22,26)/t15-/m1/s1. The molecule has 8 heteroatoms. The average molecular weight is 407 g/mol. The Balaban J connectivity index is 1.69. The Kier molecular flexibility index (Phi) is 7.04. The molecule has 0 bridgehead atoms. The second-order valence-corrected chi connectivity index (χ2v) is 9.06. The number of thiazole rings is 1. The van der Waals surface area contributed by atoms with Crippen molar-refractivity contribution in [2.45, 2.75) is 58.4 Å². The summed E-state index contributed by atoms with van der Waals surface area (Å²) in [5.74, 6) is 0.231. The second kappa shape index (κ2) is 9.49. The van der Waals surface area contributed by atoms with Crippen LogP contribution >= 0.6 is 11.3 Å². The van der Waals surface area contributed by atoms with Crippen LogP contribution in [-0.2, 0) is 9.59 Å². The van der Waals surface area contributed by atoms with Crippen molar-refractivity contribution >= 4 is 29.1 Å². The third kappa shape index (κ3) is 5.31. The number of hydrogen-bond acceptors (Lipinski definition) is 5. The lowest BCUT2D eigenvalue weighted by molar-refractivity contribution is -0.127. The van der Waals surface area contributed by atoms with Crippen LogP contribution in [0.3, 0.4) is 0 Å².